The predicted octanol–water partition coefficient (Wildman–Crippen LogP) is 2.48. The number of rotatable bonds is 2. The van der Waals surface area contributed by atoms with Gasteiger partial charge in [0.25, 0.3) is 0 Å². The number of nitrogens with one attached hydrogen (secondary N) is 1. The Morgan fingerprint density at radius 2 is 2.25 bits per heavy atom. The standard InChI is InChI=1S/C10H10N2O3S/c1-14-6-3-4-7-8(5-6)16-9(11-7)12-10(13)15-2/h3-5H,1-2H3,(H,11,12,13). The first-order valence-electron chi connectivity index (χ1n) is 4.52. The summed E-state index contributed by atoms with van der Waals surface area (Å²) in [6.45, 7) is 0. The smallest absolute Gasteiger partial charge is 0.413 e. The molecule has 0 unspecified atom stereocenters. The Bertz CT molecular complexity index is 524. The van der Waals surface area contributed by atoms with E-state index in [4.69, 9.17) is 4.74 Å². The van der Waals surface area contributed by atoms with E-state index < -0.39 is 6.09 Å². The SMILES string of the molecule is COC(=O)Nc1nc2ccc(OC)cc2s1. The molecule has 1 amide bonds. The number of thiazole rings is 1. The van der Waals surface area contributed by atoms with Gasteiger partial charge in [0.05, 0.1) is 24.4 Å². The maximum atomic E-state index is 11.0. The average Bonchev–Trinajstić information content (AvgIpc) is 2.69. The van der Waals surface area contributed by atoms with Crippen LogP contribution in [0.15, 0.2) is 18.2 Å². The van der Waals surface area contributed by atoms with Gasteiger partial charge in [-0.2, -0.15) is 0 Å². The second kappa shape index (κ2) is 4.36. The number of benzene rings is 1. The second-order valence-electron chi connectivity index (χ2n) is 2.97. The fraction of sp³-hybridized carbons (Fsp3) is 0.200. The van der Waals surface area contributed by atoms with Crippen molar-refractivity contribution in [3.63, 3.8) is 0 Å². The molecule has 0 fully saturated rings. The Morgan fingerprint density at radius 3 is 2.94 bits per heavy atom. The second-order valence-corrected chi connectivity index (χ2v) is 4.00. The average molecular weight is 238 g/mol. The molecule has 0 bridgehead atoms. The number of hydrogen-bond donors (Lipinski definition) is 1. The van der Waals surface area contributed by atoms with Gasteiger partial charge in [-0.1, -0.05) is 11.3 Å². The summed E-state index contributed by atoms with van der Waals surface area (Å²) in [5.41, 5.74) is 0.817. The van der Waals surface area contributed by atoms with Gasteiger partial charge in [-0.3, -0.25) is 5.32 Å². The lowest BCUT2D eigenvalue weighted by Gasteiger charge is -1.96. The molecular weight excluding hydrogens is 228 g/mol. The van der Waals surface area contributed by atoms with Crippen LogP contribution in [0.5, 0.6) is 5.75 Å². The summed E-state index contributed by atoms with van der Waals surface area (Å²) in [5.74, 6) is 0.765. The first-order chi connectivity index (χ1) is 7.72. The summed E-state index contributed by atoms with van der Waals surface area (Å²) in [5, 5.41) is 3.03. The number of aromatic nitrogens is 1. The molecule has 0 aliphatic heterocycles. The van der Waals surface area contributed by atoms with Crippen molar-refractivity contribution in [3.8, 4) is 5.75 Å². The molecule has 0 aliphatic carbocycles. The van der Waals surface area contributed by atoms with Crippen LogP contribution >= 0.6 is 11.3 Å². The number of nitrogens with zero attached hydrogens (tertiary/aromatic N) is 1. The van der Waals surface area contributed by atoms with Crippen molar-refractivity contribution in [3.05, 3.63) is 18.2 Å². The van der Waals surface area contributed by atoms with Crippen LogP contribution in [-0.4, -0.2) is 25.3 Å². The van der Waals surface area contributed by atoms with Crippen LogP contribution in [0.4, 0.5) is 9.93 Å². The van der Waals surface area contributed by atoms with Crippen LogP contribution in [0.25, 0.3) is 10.2 Å². The number of ether oxygens (including phenoxy) is 2. The van der Waals surface area contributed by atoms with E-state index >= 15 is 0 Å². The number of fused-ring (bicyclic) bond motifs is 1. The normalized spacial score (nSPS) is 10.1. The summed E-state index contributed by atoms with van der Waals surface area (Å²) in [6, 6.07) is 5.53. The Balaban J connectivity index is 2.32. The van der Waals surface area contributed by atoms with E-state index in [1.165, 1.54) is 18.4 Å². The molecule has 0 atom stereocenters. The number of hydrogen-bond acceptors (Lipinski definition) is 5. The third-order valence-electron chi connectivity index (χ3n) is 1.99. The number of amides is 1. The van der Waals surface area contributed by atoms with Crippen molar-refractivity contribution in [1.29, 1.82) is 0 Å². The molecule has 1 N–H and O–H groups in total. The van der Waals surface area contributed by atoms with Crippen molar-refractivity contribution in [1.82, 2.24) is 4.98 Å². The van der Waals surface area contributed by atoms with E-state index in [9.17, 15) is 4.79 Å². The van der Waals surface area contributed by atoms with Gasteiger partial charge in [-0.25, -0.2) is 9.78 Å². The van der Waals surface area contributed by atoms with Gasteiger partial charge in [0.2, 0.25) is 0 Å². The van der Waals surface area contributed by atoms with Crippen LogP contribution in [0, 0.1) is 0 Å². The first-order valence-corrected chi connectivity index (χ1v) is 5.34. The van der Waals surface area contributed by atoms with Crippen LogP contribution < -0.4 is 10.1 Å². The maximum Gasteiger partial charge on any atom is 0.413 e. The highest BCUT2D eigenvalue weighted by molar-refractivity contribution is 7.22. The van der Waals surface area contributed by atoms with E-state index in [1.54, 1.807) is 7.11 Å². The third-order valence-corrected chi connectivity index (χ3v) is 2.92. The largest absolute Gasteiger partial charge is 0.497 e. The highest BCUT2D eigenvalue weighted by Gasteiger charge is 2.07. The number of methoxy groups -OCH3 is 2. The molecular formula is C10H10N2O3S. The minimum atomic E-state index is -0.522. The minimum Gasteiger partial charge on any atom is -0.497 e. The summed E-state index contributed by atoms with van der Waals surface area (Å²) in [7, 11) is 2.92. The predicted molar refractivity (Wildman–Crippen MR) is 62.2 cm³/mol. The number of carbonyl (C=O) groups excluding carboxylic acids is 1. The molecule has 1 heterocycles. The Labute approximate surface area is 96.0 Å². The molecule has 1 aromatic carbocycles. The topological polar surface area (TPSA) is 60.5 Å². The summed E-state index contributed by atoms with van der Waals surface area (Å²) in [4.78, 5) is 15.2. The van der Waals surface area contributed by atoms with Gasteiger partial charge >= 0.3 is 6.09 Å². The van der Waals surface area contributed by atoms with Crippen molar-refractivity contribution in [2.24, 2.45) is 0 Å². The summed E-state index contributed by atoms with van der Waals surface area (Å²) in [6.07, 6.45) is -0.522. The van der Waals surface area contributed by atoms with E-state index in [2.05, 4.69) is 15.0 Å². The van der Waals surface area contributed by atoms with Gasteiger partial charge in [-0.05, 0) is 18.2 Å². The molecule has 0 saturated carbocycles. The third kappa shape index (κ3) is 2.06. The van der Waals surface area contributed by atoms with Gasteiger partial charge < -0.3 is 9.47 Å². The van der Waals surface area contributed by atoms with E-state index in [1.807, 2.05) is 18.2 Å². The van der Waals surface area contributed by atoms with Gasteiger partial charge in [-0.15, -0.1) is 0 Å². The maximum absolute atomic E-state index is 11.0. The first kappa shape index (κ1) is 10.7. The van der Waals surface area contributed by atoms with Crippen LogP contribution in [0.3, 0.4) is 0 Å². The fourth-order valence-corrected chi connectivity index (χ4v) is 2.10. The minimum absolute atomic E-state index is 0.509. The van der Waals surface area contributed by atoms with Crippen LogP contribution in [-0.2, 0) is 4.74 Å². The number of anilines is 1. The quantitative estimate of drug-likeness (QED) is 0.873. The van der Waals surface area contributed by atoms with Crippen molar-refractivity contribution in [2.75, 3.05) is 19.5 Å². The molecule has 0 spiro atoms. The Hall–Kier alpha value is -1.82. The van der Waals surface area contributed by atoms with Crippen LogP contribution in [0.1, 0.15) is 0 Å². The lowest BCUT2D eigenvalue weighted by molar-refractivity contribution is 0.187. The molecule has 6 heteroatoms. The van der Waals surface area contributed by atoms with E-state index in [0.717, 1.165) is 16.0 Å². The summed E-state index contributed by atoms with van der Waals surface area (Å²) >= 11 is 1.37. The summed E-state index contributed by atoms with van der Waals surface area (Å²) < 4.78 is 10.5. The van der Waals surface area contributed by atoms with Gasteiger partial charge in [0, 0.05) is 0 Å². The molecule has 2 aromatic rings. The molecule has 16 heavy (non-hydrogen) atoms. The van der Waals surface area contributed by atoms with Gasteiger partial charge in [0.15, 0.2) is 5.13 Å². The zero-order valence-corrected chi connectivity index (χ0v) is 9.63. The Kier molecular flexibility index (Phi) is 2.91. The highest BCUT2D eigenvalue weighted by atomic mass is 32.1. The number of carbonyl (C=O) groups is 1. The molecule has 0 radical (unpaired) electrons. The van der Waals surface area contributed by atoms with Crippen molar-refractivity contribution >= 4 is 32.8 Å². The molecule has 1 aromatic heterocycles. The van der Waals surface area contributed by atoms with Gasteiger partial charge in [0.1, 0.15) is 5.75 Å². The lowest BCUT2D eigenvalue weighted by atomic mass is 10.3. The zero-order valence-electron chi connectivity index (χ0n) is 8.81. The Morgan fingerprint density at radius 1 is 1.44 bits per heavy atom. The van der Waals surface area contributed by atoms with E-state index in [0.29, 0.717) is 5.13 Å². The van der Waals surface area contributed by atoms with E-state index in [-0.39, 0.29) is 0 Å². The zero-order chi connectivity index (χ0) is 11.5. The molecule has 0 aliphatic rings. The van der Waals surface area contributed by atoms with Crippen molar-refractivity contribution in [2.45, 2.75) is 0 Å². The molecule has 0 saturated heterocycles. The van der Waals surface area contributed by atoms with Crippen molar-refractivity contribution < 1.29 is 14.3 Å². The molecule has 5 nitrogen and oxygen atoms in total. The molecule has 84 valence electrons. The lowest BCUT2D eigenvalue weighted by Crippen LogP contribution is -2.10. The fourth-order valence-electron chi connectivity index (χ4n) is 1.22. The monoisotopic (exact) mass is 238 g/mol. The highest BCUT2D eigenvalue weighted by Crippen LogP contribution is 2.29. The van der Waals surface area contributed by atoms with Crippen LogP contribution in [0.2, 0.25) is 0 Å². The molecule has 2 rings (SSSR count).